The molecule has 0 spiro atoms. The van der Waals surface area contributed by atoms with E-state index in [1.165, 1.54) is 12.1 Å². The predicted octanol–water partition coefficient (Wildman–Crippen LogP) is 3.30. The first-order valence-corrected chi connectivity index (χ1v) is 7.57. The number of anilines is 1. The summed E-state index contributed by atoms with van der Waals surface area (Å²) >= 11 is 0. The topological polar surface area (TPSA) is 103 Å². The van der Waals surface area contributed by atoms with Crippen molar-refractivity contribution in [1.29, 1.82) is 0 Å². The number of nitro groups is 1. The van der Waals surface area contributed by atoms with E-state index in [4.69, 9.17) is 4.42 Å². The quantitative estimate of drug-likeness (QED) is 0.567. The molecule has 0 aliphatic heterocycles. The number of nitrogens with one attached hydrogen (secondary N) is 1. The number of rotatable bonds is 5. The first-order chi connectivity index (χ1) is 11.9. The highest BCUT2D eigenvalue weighted by molar-refractivity contribution is 6.05. The molecule has 1 N–H and O–H groups in total. The molecule has 3 rings (SSSR count). The van der Waals surface area contributed by atoms with Gasteiger partial charge < -0.3 is 9.73 Å². The van der Waals surface area contributed by atoms with Crippen LogP contribution in [0.1, 0.15) is 27.4 Å². The monoisotopic (exact) mass is 340 g/mol. The summed E-state index contributed by atoms with van der Waals surface area (Å²) < 4.78 is 7.10. The van der Waals surface area contributed by atoms with Crippen molar-refractivity contribution >= 4 is 17.4 Å². The van der Waals surface area contributed by atoms with E-state index < -0.39 is 10.8 Å². The molecule has 2 heterocycles. The molecular formula is C17H16N4O4. The van der Waals surface area contributed by atoms with Crippen molar-refractivity contribution in [2.24, 2.45) is 0 Å². The van der Waals surface area contributed by atoms with E-state index in [1.54, 1.807) is 29.9 Å². The van der Waals surface area contributed by atoms with Gasteiger partial charge in [-0.25, -0.2) is 4.68 Å². The molecule has 1 amide bonds. The molecule has 0 fully saturated rings. The predicted molar refractivity (Wildman–Crippen MR) is 90.6 cm³/mol. The number of amides is 1. The molecule has 2 aromatic heterocycles. The van der Waals surface area contributed by atoms with Gasteiger partial charge in [0.2, 0.25) is 0 Å². The summed E-state index contributed by atoms with van der Waals surface area (Å²) in [5.74, 6) is 1.55. The van der Waals surface area contributed by atoms with Crippen LogP contribution in [0.2, 0.25) is 0 Å². The van der Waals surface area contributed by atoms with E-state index in [9.17, 15) is 14.9 Å². The van der Waals surface area contributed by atoms with Gasteiger partial charge in [-0.1, -0.05) is 6.07 Å². The summed E-state index contributed by atoms with van der Waals surface area (Å²) in [6.07, 6.45) is 1.56. The van der Waals surface area contributed by atoms with Crippen LogP contribution in [0.15, 0.2) is 47.0 Å². The molecule has 0 bridgehead atoms. The number of nitro benzene ring substituents is 1. The molecule has 8 heteroatoms. The Morgan fingerprint density at radius 2 is 2.08 bits per heavy atom. The van der Waals surface area contributed by atoms with Crippen LogP contribution in [0.25, 0.3) is 0 Å². The van der Waals surface area contributed by atoms with E-state index in [2.05, 4.69) is 10.4 Å². The van der Waals surface area contributed by atoms with Crippen molar-refractivity contribution in [1.82, 2.24) is 9.78 Å². The Labute approximate surface area is 143 Å². The standard InChI is InChI=1S/C17H16N4O4/c1-11-3-5-13(21(23)24)9-15(11)17(22)19-16-7-8-18-20(16)10-14-6-4-12(2)25-14/h3-9H,10H2,1-2H3,(H,19,22). The third-order valence-electron chi connectivity index (χ3n) is 3.74. The number of hydrogen-bond donors (Lipinski definition) is 1. The molecule has 25 heavy (non-hydrogen) atoms. The number of non-ortho nitro benzene ring substituents is 1. The number of hydrogen-bond acceptors (Lipinski definition) is 5. The lowest BCUT2D eigenvalue weighted by Gasteiger charge is -2.09. The highest BCUT2D eigenvalue weighted by Crippen LogP contribution is 2.19. The van der Waals surface area contributed by atoms with E-state index in [1.807, 2.05) is 19.1 Å². The van der Waals surface area contributed by atoms with Crippen LogP contribution >= 0.6 is 0 Å². The highest BCUT2D eigenvalue weighted by atomic mass is 16.6. The lowest BCUT2D eigenvalue weighted by atomic mass is 10.1. The van der Waals surface area contributed by atoms with Crippen LogP contribution < -0.4 is 5.32 Å². The molecule has 0 saturated carbocycles. The van der Waals surface area contributed by atoms with Crippen LogP contribution in [-0.4, -0.2) is 20.6 Å². The van der Waals surface area contributed by atoms with Gasteiger partial charge in [-0.2, -0.15) is 5.10 Å². The van der Waals surface area contributed by atoms with E-state index >= 15 is 0 Å². The van der Waals surface area contributed by atoms with Gasteiger partial charge in [-0.05, 0) is 31.5 Å². The van der Waals surface area contributed by atoms with Gasteiger partial charge in [0, 0.05) is 23.8 Å². The minimum Gasteiger partial charge on any atom is -0.464 e. The Balaban J connectivity index is 1.81. The number of furan rings is 1. The van der Waals surface area contributed by atoms with E-state index in [-0.39, 0.29) is 11.3 Å². The van der Waals surface area contributed by atoms with Crippen molar-refractivity contribution in [3.8, 4) is 0 Å². The van der Waals surface area contributed by atoms with Crippen LogP contribution in [0.5, 0.6) is 0 Å². The molecule has 0 aliphatic rings. The molecular weight excluding hydrogens is 324 g/mol. The zero-order chi connectivity index (χ0) is 18.0. The average molecular weight is 340 g/mol. The second-order valence-corrected chi connectivity index (χ2v) is 5.60. The van der Waals surface area contributed by atoms with E-state index in [0.29, 0.717) is 23.7 Å². The molecule has 0 atom stereocenters. The summed E-state index contributed by atoms with van der Waals surface area (Å²) in [6.45, 7) is 3.94. The Kier molecular flexibility index (Phi) is 4.34. The number of carbonyl (C=O) groups is 1. The maximum Gasteiger partial charge on any atom is 0.270 e. The normalized spacial score (nSPS) is 10.6. The van der Waals surface area contributed by atoms with E-state index in [0.717, 1.165) is 5.76 Å². The minimum absolute atomic E-state index is 0.129. The van der Waals surface area contributed by atoms with Gasteiger partial charge in [-0.3, -0.25) is 14.9 Å². The first-order valence-electron chi connectivity index (χ1n) is 7.57. The third-order valence-corrected chi connectivity index (χ3v) is 3.74. The molecule has 8 nitrogen and oxygen atoms in total. The van der Waals surface area contributed by atoms with Gasteiger partial charge in [0.1, 0.15) is 23.9 Å². The number of nitrogens with zero attached hydrogens (tertiary/aromatic N) is 3. The van der Waals surface area contributed by atoms with Crippen molar-refractivity contribution < 1.29 is 14.1 Å². The highest BCUT2D eigenvalue weighted by Gasteiger charge is 2.16. The minimum atomic E-state index is -0.528. The Morgan fingerprint density at radius 3 is 2.76 bits per heavy atom. The second kappa shape index (κ2) is 6.60. The van der Waals surface area contributed by atoms with Crippen LogP contribution in [0.4, 0.5) is 11.5 Å². The lowest BCUT2D eigenvalue weighted by molar-refractivity contribution is -0.384. The lowest BCUT2D eigenvalue weighted by Crippen LogP contribution is -2.17. The zero-order valence-corrected chi connectivity index (χ0v) is 13.7. The molecule has 1 aromatic carbocycles. The summed E-state index contributed by atoms with van der Waals surface area (Å²) in [5, 5.41) is 17.8. The molecule has 0 radical (unpaired) electrons. The number of aromatic nitrogens is 2. The van der Waals surface area contributed by atoms with Gasteiger partial charge >= 0.3 is 0 Å². The molecule has 0 aliphatic carbocycles. The maximum atomic E-state index is 12.5. The first kappa shape index (κ1) is 16.4. The fourth-order valence-electron chi connectivity index (χ4n) is 2.43. The van der Waals surface area contributed by atoms with Crippen molar-refractivity contribution in [3.05, 3.63) is 75.4 Å². The Bertz CT molecular complexity index is 942. The average Bonchev–Trinajstić information content (AvgIpc) is 3.17. The van der Waals surface area contributed by atoms with Gasteiger partial charge in [0.25, 0.3) is 11.6 Å². The largest absolute Gasteiger partial charge is 0.464 e. The number of carbonyl (C=O) groups excluding carboxylic acids is 1. The zero-order valence-electron chi connectivity index (χ0n) is 13.7. The molecule has 0 saturated heterocycles. The Morgan fingerprint density at radius 1 is 1.28 bits per heavy atom. The fourth-order valence-corrected chi connectivity index (χ4v) is 2.43. The van der Waals surface area contributed by atoms with Crippen molar-refractivity contribution in [2.75, 3.05) is 5.32 Å². The van der Waals surface area contributed by atoms with Gasteiger partial charge in [0.05, 0.1) is 11.1 Å². The summed E-state index contributed by atoms with van der Waals surface area (Å²) in [4.78, 5) is 22.9. The molecule has 3 aromatic rings. The molecule has 0 unspecified atom stereocenters. The summed E-state index contributed by atoms with van der Waals surface area (Å²) in [5.41, 5.74) is 0.766. The Hall–Kier alpha value is -3.42. The fraction of sp³-hybridized carbons (Fsp3) is 0.176. The number of aryl methyl sites for hydroxylation is 2. The van der Waals surface area contributed by atoms with Crippen LogP contribution in [-0.2, 0) is 6.54 Å². The van der Waals surface area contributed by atoms with Gasteiger partial charge in [-0.15, -0.1) is 0 Å². The smallest absolute Gasteiger partial charge is 0.270 e. The summed E-state index contributed by atoms with van der Waals surface area (Å²) in [7, 11) is 0. The SMILES string of the molecule is Cc1ccc(Cn2nccc2NC(=O)c2cc([N+](=O)[O-])ccc2C)o1. The van der Waals surface area contributed by atoms with Crippen LogP contribution in [0, 0.1) is 24.0 Å². The number of benzene rings is 1. The molecule has 128 valence electrons. The van der Waals surface area contributed by atoms with Gasteiger partial charge in [0.15, 0.2) is 0 Å². The second-order valence-electron chi connectivity index (χ2n) is 5.60. The maximum absolute atomic E-state index is 12.5. The summed E-state index contributed by atoms with van der Waals surface area (Å²) in [6, 6.07) is 9.53. The third kappa shape index (κ3) is 3.57. The van der Waals surface area contributed by atoms with Crippen molar-refractivity contribution in [3.63, 3.8) is 0 Å². The van der Waals surface area contributed by atoms with Crippen LogP contribution in [0.3, 0.4) is 0 Å². The van der Waals surface area contributed by atoms with Crippen molar-refractivity contribution in [2.45, 2.75) is 20.4 Å².